The van der Waals surface area contributed by atoms with E-state index in [0.29, 0.717) is 22.6 Å². The Morgan fingerprint density at radius 3 is 2.81 bits per heavy atom. The second-order valence-electron chi connectivity index (χ2n) is 4.58. The van der Waals surface area contributed by atoms with E-state index in [1.54, 1.807) is 38.4 Å². The largest absolute Gasteiger partial charge is 0.465 e. The van der Waals surface area contributed by atoms with Gasteiger partial charge in [-0.3, -0.25) is 9.78 Å². The van der Waals surface area contributed by atoms with Crippen LogP contribution in [-0.2, 0) is 11.3 Å². The third kappa shape index (κ3) is 3.28. The number of carbonyl (C=O) groups excluding carboxylic acids is 2. The van der Waals surface area contributed by atoms with Gasteiger partial charge in [-0.25, -0.2) is 4.79 Å². The van der Waals surface area contributed by atoms with Crippen LogP contribution in [0.3, 0.4) is 0 Å². The highest BCUT2D eigenvalue weighted by Crippen LogP contribution is 2.17. The maximum atomic E-state index is 12.2. The molecule has 6 nitrogen and oxygen atoms in total. The molecule has 0 aliphatic heterocycles. The van der Waals surface area contributed by atoms with E-state index >= 15 is 0 Å². The lowest BCUT2D eigenvalue weighted by Gasteiger charge is -2.15. The number of amides is 1. The van der Waals surface area contributed by atoms with Crippen LogP contribution in [0.25, 0.3) is 0 Å². The van der Waals surface area contributed by atoms with E-state index in [9.17, 15) is 9.59 Å². The van der Waals surface area contributed by atoms with Gasteiger partial charge in [-0.05, 0) is 25.1 Å². The Kier molecular flexibility index (Phi) is 4.37. The van der Waals surface area contributed by atoms with Crippen molar-refractivity contribution in [2.24, 2.45) is 0 Å². The Morgan fingerprint density at radius 2 is 2.19 bits per heavy atom. The summed E-state index contributed by atoms with van der Waals surface area (Å²) in [5.74, 6) is 0.368. The minimum absolute atomic E-state index is 0.170. The van der Waals surface area contributed by atoms with Crippen molar-refractivity contribution in [1.29, 1.82) is 0 Å². The summed E-state index contributed by atoms with van der Waals surface area (Å²) >= 11 is 0. The van der Waals surface area contributed by atoms with Crippen molar-refractivity contribution in [3.8, 4) is 0 Å². The molecule has 0 atom stereocenters. The van der Waals surface area contributed by atoms with Crippen LogP contribution in [0.15, 0.2) is 35.0 Å². The second-order valence-corrected chi connectivity index (χ2v) is 4.58. The van der Waals surface area contributed by atoms with Gasteiger partial charge in [0.25, 0.3) is 5.91 Å². The molecule has 0 aliphatic rings. The van der Waals surface area contributed by atoms with E-state index in [-0.39, 0.29) is 12.5 Å². The van der Waals surface area contributed by atoms with Crippen LogP contribution in [-0.4, -0.2) is 35.9 Å². The van der Waals surface area contributed by atoms with Crippen LogP contribution in [0.4, 0.5) is 0 Å². The van der Waals surface area contributed by atoms with Crippen molar-refractivity contribution in [1.82, 2.24) is 9.88 Å². The number of nitrogens with zero attached hydrogens (tertiary/aromatic N) is 2. The molecule has 0 fully saturated rings. The number of esters is 1. The van der Waals surface area contributed by atoms with Crippen LogP contribution in [0, 0.1) is 6.92 Å². The van der Waals surface area contributed by atoms with Crippen LogP contribution >= 0.6 is 0 Å². The molecule has 0 unspecified atom stereocenters. The first-order valence-electron chi connectivity index (χ1n) is 6.36. The number of carbonyl (C=O) groups is 2. The molecule has 0 aliphatic carbocycles. The van der Waals surface area contributed by atoms with Gasteiger partial charge in [-0.2, -0.15) is 0 Å². The monoisotopic (exact) mass is 288 g/mol. The summed E-state index contributed by atoms with van der Waals surface area (Å²) in [5.41, 5.74) is 0.867. The standard InChI is InChI=1S/C15H16N2O4/c1-10-13(15(19)20-3)7-12(21-10)9-17(2)14(18)11-5-4-6-16-8-11/h4-8H,9H2,1-3H3. The zero-order chi connectivity index (χ0) is 15.4. The highest BCUT2D eigenvalue weighted by atomic mass is 16.5. The predicted octanol–water partition coefficient (Wildman–Crippen LogP) is 2.04. The van der Waals surface area contributed by atoms with Gasteiger partial charge in [0.1, 0.15) is 17.1 Å². The highest BCUT2D eigenvalue weighted by Gasteiger charge is 2.18. The summed E-state index contributed by atoms with van der Waals surface area (Å²) < 4.78 is 10.1. The summed E-state index contributed by atoms with van der Waals surface area (Å²) in [6.45, 7) is 1.93. The molecule has 2 rings (SSSR count). The number of methoxy groups -OCH3 is 1. The van der Waals surface area contributed by atoms with Gasteiger partial charge in [0.15, 0.2) is 0 Å². The van der Waals surface area contributed by atoms with E-state index in [1.165, 1.54) is 18.2 Å². The Bertz CT molecular complexity index is 649. The van der Waals surface area contributed by atoms with Crippen molar-refractivity contribution in [2.45, 2.75) is 13.5 Å². The quantitative estimate of drug-likeness (QED) is 0.805. The first kappa shape index (κ1) is 14.8. The van der Waals surface area contributed by atoms with E-state index in [4.69, 9.17) is 4.42 Å². The third-order valence-corrected chi connectivity index (χ3v) is 3.02. The van der Waals surface area contributed by atoms with Crippen molar-refractivity contribution < 1.29 is 18.7 Å². The fourth-order valence-electron chi connectivity index (χ4n) is 1.95. The molecule has 21 heavy (non-hydrogen) atoms. The Morgan fingerprint density at radius 1 is 1.43 bits per heavy atom. The number of rotatable bonds is 4. The van der Waals surface area contributed by atoms with Gasteiger partial charge in [0.2, 0.25) is 0 Å². The van der Waals surface area contributed by atoms with Crippen LogP contribution in [0.2, 0.25) is 0 Å². The van der Waals surface area contributed by atoms with Crippen molar-refractivity contribution >= 4 is 11.9 Å². The molecule has 0 saturated carbocycles. The maximum Gasteiger partial charge on any atom is 0.341 e. The molecular formula is C15H16N2O4. The summed E-state index contributed by atoms with van der Waals surface area (Å²) in [6.07, 6.45) is 3.11. The lowest BCUT2D eigenvalue weighted by Crippen LogP contribution is -2.26. The SMILES string of the molecule is COC(=O)c1cc(CN(C)C(=O)c2cccnc2)oc1C. The molecule has 2 aromatic rings. The van der Waals surface area contributed by atoms with Crippen LogP contribution < -0.4 is 0 Å². The smallest absolute Gasteiger partial charge is 0.341 e. The van der Waals surface area contributed by atoms with E-state index in [0.717, 1.165) is 0 Å². The number of aromatic nitrogens is 1. The topological polar surface area (TPSA) is 72.6 Å². The van der Waals surface area contributed by atoms with Gasteiger partial charge < -0.3 is 14.1 Å². The number of ether oxygens (including phenoxy) is 1. The maximum absolute atomic E-state index is 12.2. The first-order chi connectivity index (χ1) is 10.0. The molecule has 0 aromatic carbocycles. The second kappa shape index (κ2) is 6.21. The zero-order valence-electron chi connectivity index (χ0n) is 12.1. The molecule has 2 aromatic heterocycles. The summed E-state index contributed by atoms with van der Waals surface area (Å²) in [6, 6.07) is 4.99. The van der Waals surface area contributed by atoms with E-state index in [2.05, 4.69) is 9.72 Å². The molecule has 0 bridgehead atoms. The minimum Gasteiger partial charge on any atom is -0.465 e. The van der Waals surface area contributed by atoms with Crippen molar-refractivity contribution in [3.63, 3.8) is 0 Å². The van der Waals surface area contributed by atoms with Crippen LogP contribution in [0.1, 0.15) is 32.2 Å². The first-order valence-corrected chi connectivity index (χ1v) is 6.36. The lowest BCUT2D eigenvalue weighted by atomic mass is 10.2. The Hall–Kier alpha value is -2.63. The Balaban J connectivity index is 2.11. The van der Waals surface area contributed by atoms with Gasteiger partial charge >= 0.3 is 5.97 Å². The van der Waals surface area contributed by atoms with Gasteiger partial charge in [0, 0.05) is 19.4 Å². The molecule has 6 heteroatoms. The summed E-state index contributed by atoms with van der Waals surface area (Å²) in [7, 11) is 2.97. The number of hydrogen-bond acceptors (Lipinski definition) is 5. The minimum atomic E-state index is -0.455. The molecule has 1 amide bonds. The Labute approximate surface area is 122 Å². The van der Waals surface area contributed by atoms with Gasteiger partial charge in [-0.15, -0.1) is 0 Å². The number of pyridine rings is 1. The normalized spacial score (nSPS) is 10.2. The van der Waals surface area contributed by atoms with Gasteiger partial charge in [-0.1, -0.05) is 0 Å². The average molecular weight is 288 g/mol. The van der Waals surface area contributed by atoms with Crippen molar-refractivity contribution in [2.75, 3.05) is 14.2 Å². The summed E-state index contributed by atoms with van der Waals surface area (Å²) in [4.78, 5) is 29.1. The molecule has 0 saturated heterocycles. The number of aryl methyl sites for hydroxylation is 1. The average Bonchev–Trinajstić information content (AvgIpc) is 2.87. The number of hydrogen-bond donors (Lipinski definition) is 0. The molecular weight excluding hydrogens is 272 g/mol. The molecule has 110 valence electrons. The van der Waals surface area contributed by atoms with Crippen LogP contribution in [0.5, 0.6) is 0 Å². The third-order valence-electron chi connectivity index (χ3n) is 3.02. The van der Waals surface area contributed by atoms with E-state index < -0.39 is 5.97 Å². The van der Waals surface area contributed by atoms with Crippen molar-refractivity contribution in [3.05, 3.63) is 53.2 Å². The fourth-order valence-corrected chi connectivity index (χ4v) is 1.95. The fraction of sp³-hybridized carbons (Fsp3) is 0.267. The highest BCUT2D eigenvalue weighted by molar-refractivity contribution is 5.93. The van der Waals surface area contributed by atoms with Gasteiger partial charge in [0.05, 0.1) is 19.2 Å². The number of furan rings is 1. The predicted molar refractivity (Wildman–Crippen MR) is 74.8 cm³/mol. The zero-order valence-corrected chi connectivity index (χ0v) is 12.1. The summed E-state index contributed by atoms with van der Waals surface area (Å²) in [5, 5.41) is 0. The molecule has 0 spiro atoms. The van der Waals surface area contributed by atoms with E-state index in [1.807, 2.05) is 0 Å². The lowest BCUT2D eigenvalue weighted by molar-refractivity contribution is 0.0598. The molecule has 0 N–H and O–H groups in total. The molecule has 0 radical (unpaired) electrons. The molecule has 2 heterocycles.